The van der Waals surface area contributed by atoms with Crippen LogP contribution < -0.4 is 4.90 Å². The van der Waals surface area contributed by atoms with Crippen LogP contribution in [0, 0.1) is 12.8 Å². The fourth-order valence-corrected chi connectivity index (χ4v) is 3.90. The molecule has 0 amide bonds. The van der Waals surface area contributed by atoms with Gasteiger partial charge in [0.1, 0.15) is 5.82 Å². The second-order valence-electron chi connectivity index (χ2n) is 6.09. The second kappa shape index (κ2) is 5.49. The average molecular weight is 260 g/mol. The fraction of sp³-hybridized carbons (Fsp3) is 0.688. The number of piperidine rings is 1. The van der Waals surface area contributed by atoms with E-state index in [-0.39, 0.29) is 6.61 Å². The van der Waals surface area contributed by atoms with Gasteiger partial charge in [-0.05, 0) is 55.7 Å². The third-order valence-electron chi connectivity index (χ3n) is 4.81. The summed E-state index contributed by atoms with van der Waals surface area (Å²) in [6.07, 6.45) is 10.0. The van der Waals surface area contributed by atoms with Gasteiger partial charge in [-0.2, -0.15) is 0 Å². The molecule has 0 bridgehead atoms. The standard InChI is InChI=1S/C16H24N2O/c1-12-9-13(11-19)10-17-16(12)18-8-4-6-14-5-2-3-7-15(14)18/h9-10,14-15,19H,2-8,11H2,1H3. The van der Waals surface area contributed by atoms with Crippen LogP contribution in [0.5, 0.6) is 0 Å². The van der Waals surface area contributed by atoms with E-state index in [1.54, 1.807) is 0 Å². The highest BCUT2D eigenvalue weighted by Crippen LogP contribution is 2.37. The molecule has 1 saturated heterocycles. The molecule has 2 fully saturated rings. The van der Waals surface area contributed by atoms with Gasteiger partial charge in [-0.3, -0.25) is 0 Å². The minimum absolute atomic E-state index is 0.0835. The number of anilines is 1. The van der Waals surface area contributed by atoms with Crippen molar-refractivity contribution in [2.75, 3.05) is 11.4 Å². The molecule has 1 aromatic rings. The number of pyridine rings is 1. The van der Waals surface area contributed by atoms with Crippen molar-refractivity contribution in [2.24, 2.45) is 5.92 Å². The summed E-state index contributed by atoms with van der Waals surface area (Å²) in [5, 5.41) is 9.20. The van der Waals surface area contributed by atoms with Crippen LogP contribution in [-0.4, -0.2) is 22.7 Å². The van der Waals surface area contributed by atoms with Gasteiger partial charge in [0.25, 0.3) is 0 Å². The van der Waals surface area contributed by atoms with Gasteiger partial charge < -0.3 is 10.0 Å². The van der Waals surface area contributed by atoms with Crippen LogP contribution in [-0.2, 0) is 6.61 Å². The van der Waals surface area contributed by atoms with E-state index in [2.05, 4.69) is 22.9 Å². The third-order valence-corrected chi connectivity index (χ3v) is 4.81. The fourth-order valence-electron chi connectivity index (χ4n) is 3.90. The number of hydrogen-bond donors (Lipinski definition) is 1. The quantitative estimate of drug-likeness (QED) is 0.888. The number of aliphatic hydroxyl groups is 1. The maximum Gasteiger partial charge on any atom is 0.131 e. The molecule has 0 aromatic carbocycles. The van der Waals surface area contributed by atoms with Gasteiger partial charge in [0.2, 0.25) is 0 Å². The molecule has 19 heavy (non-hydrogen) atoms. The third kappa shape index (κ3) is 2.48. The zero-order valence-electron chi connectivity index (χ0n) is 11.8. The van der Waals surface area contributed by atoms with E-state index in [4.69, 9.17) is 0 Å². The molecule has 3 rings (SSSR count). The van der Waals surface area contributed by atoms with E-state index in [1.807, 2.05) is 6.20 Å². The van der Waals surface area contributed by atoms with Crippen molar-refractivity contribution in [1.29, 1.82) is 0 Å². The Morgan fingerprint density at radius 3 is 2.84 bits per heavy atom. The van der Waals surface area contributed by atoms with E-state index >= 15 is 0 Å². The van der Waals surface area contributed by atoms with Crippen LogP contribution in [0.2, 0.25) is 0 Å². The zero-order valence-corrected chi connectivity index (χ0v) is 11.8. The second-order valence-corrected chi connectivity index (χ2v) is 6.09. The Hall–Kier alpha value is -1.09. The molecule has 2 heterocycles. The summed E-state index contributed by atoms with van der Waals surface area (Å²) in [7, 11) is 0. The Labute approximate surface area is 115 Å². The van der Waals surface area contributed by atoms with E-state index in [0.717, 1.165) is 23.8 Å². The zero-order chi connectivity index (χ0) is 13.2. The van der Waals surface area contributed by atoms with Crippen molar-refractivity contribution in [3.8, 4) is 0 Å². The number of aromatic nitrogens is 1. The Morgan fingerprint density at radius 2 is 2.05 bits per heavy atom. The summed E-state index contributed by atoms with van der Waals surface area (Å²) in [4.78, 5) is 7.18. The van der Waals surface area contributed by atoms with Gasteiger partial charge in [-0.15, -0.1) is 0 Å². The maximum atomic E-state index is 9.20. The maximum absolute atomic E-state index is 9.20. The van der Waals surface area contributed by atoms with Crippen molar-refractivity contribution in [3.63, 3.8) is 0 Å². The SMILES string of the molecule is Cc1cc(CO)cnc1N1CCCC2CCCCC21. The first-order valence-electron chi connectivity index (χ1n) is 7.62. The number of aliphatic hydroxyl groups excluding tert-OH is 1. The van der Waals surface area contributed by atoms with Gasteiger partial charge in [0.05, 0.1) is 6.61 Å². The summed E-state index contributed by atoms with van der Waals surface area (Å²) in [5.74, 6) is 2.02. The minimum Gasteiger partial charge on any atom is -0.392 e. The number of rotatable bonds is 2. The molecule has 3 nitrogen and oxygen atoms in total. The smallest absolute Gasteiger partial charge is 0.131 e. The molecular weight excluding hydrogens is 236 g/mol. The van der Waals surface area contributed by atoms with E-state index in [1.165, 1.54) is 44.1 Å². The first-order valence-corrected chi connectivity index (χ1v) is 7.62. The molecule has 0 spiro atoms. The first-order chi connectivity index (χ1) is 9.29. The molecular formula is C16H24N2O. The molecule has 1 aromatic heterocycles. The molecule has 1 aliphatic carbocycles. The number of hydrogen-bond acceptors (Lipinski definition) is 3. The molecule has 2 unspecified atom stereocenters. The molecule has 104 valence electrons. The summed E-state index contributed by atoms with van der Waals surface area (Å²) < 4.78 is 0. The summed E-state index contributed by atoms with van der Waals surface area (Å²) in [6, 6.07) is 2.78. The lowest BCUT2D eigenvalue weighted by Gasteiger charge is -2.45. The van der Waals surface area contributed by atoms with Crippen LogP contribution in [0.4, 0.5) is 5.82 Å². The van der Waals surface area contributed by atoms with Crippen LogP contribution in [0.15, 0.2) is 12.3 Å². The summed E-state index contributed by atoms with van der Waals surface area (Å²) >= 11 is 0. The monoisotopic (exact) mass is 260 g/mol. The number of aryl methyl sites for hydroxylation is 1. The van der Waals surface area contributed by atoms with Crippen LogP contribution >= 0.6 is 0 Å². The lowest BCUT2D eigenvalue weighted by molar-refractivity contribution is 0.242. The number of nitrogens with zero attached hydrogens (tertiary/aromatic N) is 2. The van der Waals surface area contributed by atoms with E-state index in [0.29, 0.717) is 6.04 Å². The van der Waals surface area contributed by atoms with Crippen molar-refractivity contribution in [2.45, 2.75) is 58.1 Å². The van der Waals surface area contributed by atoms with Crippen LogP contribution in [0.3, 0.4) is 0 Å². The molecule has 3 heteroatoms. The molecule has 1 aliphatic heterocycles. The van der Waals surface area contributed by atoms with E-state index < -0.39 is 0 Å². The highest BCUT2D eigenvalue weighted by molar-refractivity contribution is 5.49. The normalized spacial score (nSPS) is 27.2. The predicted octanol–water partition coefficient (Wildman–Crippen LogP) is 3.04. The Kier molecular flexibility index (Phi) is 3.74. The van der Waals surface area contributed by atoms with Crippen LogP contribution in [0.25, 0.3) is 0 Å². The van der Waals surface area contributed by atoms with Crippen molar-refractivity contribution >= 4 is 5.82 Å². The topological polar surface area (TPSA) is 36.4 Å². The lowest BCUT2D eigenvalue weighted by Crippen LogP contribution is -2.47. The Bertz CT molecular complexity index is 444. The number of fused-ring (bicyclic) bond motifs is 1. The molecule has 2 atom stereocenters. The molecule has 1 saturated carbocycles. The summed E-state index contributed by atoms with van der Waals surface area (Å²) in [6.45, 7) is 3.35. The van der Waals surface area contributed by atoms with Gasteiger partial charge in [-0.25, -0.2) is 4.98 Å². The largest absolute Gasteiger partial charge is 0.392 e. The molecule has 0 radical (unpaired) electrons. The Morgan fingerprint density at radius 1 is 1.26 bits per heavy atom. The average Bonchev–Trinajstić information content (AvgIpc) is 2.46. The highest BCUT2D eigenvalue weighted by atomic mass is 16.3. The lowest BCUT2D eigenvalue weighted by atomic mass is 9.78. The molecule has 2 aliphatic rings. The van der Waals surface area contributed by atoms with Gasteiger partial charge in [-0.1, -0.05) is 12.8 Å². The van der Waals surface area contributed by atoms with E-state index in [9.17, 15) is 5.11 Å². The molecule has 1 N–H and O–H groups in total. The van der Waals surface area contributed by atoms with Crippen molar-refractivity contribution < 1.29 is 5.11 Å². The van der Waals surface area contributed by atoms with Gasteiger partial charge >= 0.3 is 0 Å². The summed E-state index contributed by atoms with van der Waals surface area (Å²) in [5.41, 5.74) is 2.12. The Balaban J connectivity index is 1.87. The van der Waals surface area contributed by atoms with Gasteiger partial charge in [0.15, 0.2) is 0 Å². The van der Waals surface area contributed by atoms with Crippen molar-refractivity contribution in [1.82, 2.24) is 4.98 Å². The first kappa shape index (κ1) is 12.9. The van der Waals surface area contributed by atoms with Gasteiger partial charge in [0, 0.05) is 18.8 Å². The predicted molar refractivity (Wildman–Crippen MR) is 77.2 cm³/mol. The van der Waals surface area contributed by atoms with Crippen molar-refractivity contribution in [3.05, 3.63) is 23.4 Å². The van der Waals surface area contributed by atoms with Crippen LogP contribution in [0.1, 0.15) is 49.7 Å². The minimum atomic E-state index is 0.0835. The highest BCUT2D eigenvalue weighted by Gasteiger charge is 2.34.